The van der Waals surface area contributed by atoms with Crippen molar-refractivity contribution in [1.29, 1.82) is 0 Å². The lowest BCUT2D eigenvalue weighted by Crippen LogP contribution is -2.42. The molecule has 0 spiro atoms. The van der Waals surface area contributed by atoms with Crippen LogP contribution in [0.4, 0.5) is 17.1 Å². The molecule has 0 saturated heterocycles. The Morgan fingerprint density at radius 1 is 1.19 bits per heavy atom. The minimum absolute atomic E-state index is 0.118. The molecule has 0 bridgehead atoms. The van der Waals surface area contributed by atoms with Crippen LogP contribution in [0.5, 0.6) is 5.75 Å². The maximum absolute atomic E-state index is 13.1. The number of nitrogens with one attached hydrogen (secondary N) is 3. The molecule has 1 amide bonds. The third kappa shape index (κ3) is 7.97. The third-order valence-electron chi connectivity index (χ3n) is 6.68. The molecule has 0 aliphatic rings. The first-order chi connectivity index (χ1) is 20.1. The molecule has 0 saturated carbocycles. The quantitative estimate of drug-likeness (QED) is 0.173. The van der Waals surface area contributed by atoms with Crippen molar-refractivity contribution in [2.24, 2.45) is 12.0 Å². The van der Waals surface area contributed by atoms with Crippen LogP contribution >= 0.6 is 0 Å². The van der Waals surface area contributed by atoms with E-state index in [4.69, 9.17) is 4.74 Å². The fraction of sp³-hybridized carbons (Fsp3) is 0.355. The van der Waals surface area contributed by atoms with Crippen LogP contribution in [0.25, 0.3) is 23.5 Å². The molecule has 0 unspecified atom stereocenters. The molecule has 0 atom stereocenters. The summed E-state index contributed by atoms with van der Waals surface area (Å²) in [6.45, 7) is 9.09. The van der Waals surface area contributed by atoms with E-state index in [-0.39, 0.29) is 11.5 Å². The summed E-state index contributed by atoms with van der Waals surface area (Å²) in [4.78, 5) is 34.2. The van der Waals surface area contributed by atoms with Gasteiger partial charge in [-0.2, -0.15) is 5.10 Å². The number of methoxy groups -OCH3 is 1. The molecule has 0 fully saturated rings. The number of unbranched alkanes of at least 4 members (excludes halogenated alkanes) is 1. The van der Waals surface area contributed by atoms with Gasteiger partial charge in [-0.1, -0.05) is 26.0 Å². The van der Waals surface area contributed by atoms with E-state index in [1.54, 1.807) is 37.2 Å². The summed E-state index contributed by atoms with van der Waals surface area (Å²) in [6.07, 6.45) is 8.41. The lowest BCUT2D eigenvalue weighted by molar-refractivity contribution is -0.111. The van der Waals surface area contributed by atoms with Crippen molar-refractivity contribution in [3.63, 3.8) is 0 Å². The molecule has 3 aromatic rings. The first kappa shape index (κ1) is 31.9. The van der Waals surface area contributed by atoms with Gasteiger partial charge in [-0.15, -0.1) is 0 Å². The lowest BCUT2D eigenvalue weighted by atomic mass is 10.1. The second-order valence-electron chi connectivity index (χ2n) is 10.2. The highest BCUT2D eigenvalue weighted by Crippen LogP contribution is 2.37. The van der Waals surface area contributed by atoms with Gasteiger partial charge in [0.1, 0.15) is 11.6 Å². The second kappa shape index (κ2) is 14.8. The highest BCUT2D eigenvalue weighted by molar-refractivity contribution is 6.03. The van der Waals surface area contributed by atoms with Crippen LogP contribution in [-0.4, -0.2) is 72.7 Å². The van der Waals surface area contributed by atoms with Gasteiger partial charge in [0, 0.05) is 56.2 Å². The number of amidine groups is 1. The number of H-pyrrole nitrogens is 1. The van der Waals surface area contributed by atoms with E-state index in [0.29, 0.717) is 34.2 Å². The molecule has 2 heterocycles. The summed E-state index contributed by atoms with van der Waals surface area (Å²) in [5.41, 5.74) is 3.08. The Labute approximate surface area is 246 Å². The molecular weight excluding hydrogens is 532 g/mol. The number of rotatable bonds is 12. The zero-order chi connectivity index (χ0) is 30.8. The SMILES string of the molecule is C=CC(=O)Nc1cc(NC(C)=N/C=c2/cc(-c3ccn[nH]3)c(=O)n(C)/c2=C\CCC)c(OC)cc1N(C)CCN(C)C. The van der Waals surface area contributed by atoms with Crippen LogP contribution < -0.4 is 36.4 Å². The molecule has 0 aliphatic heterocycles. The smallest absolute Gasteiger partial charge is 0.260 e. The van der Waals surface area contributed by atoms with Gasteiger partial charge in [0.15, 0.2) is 0 Å². The van der Waals surface area contributed by atoms with Crippen LogP contribution in [-0.2, 0) is 11.8 Å². The minimum atomic E-state index is -0.314. The summed E-state index contributed by atoms with van der Waals surface area (Å²) in [5, 5.41) is 14.7. The van der Waals surface area contributed by atoms with E-state index >= 15 is 0 Å². The molecule has 42 heavy (non-hydrogen) atoms. The number of aromatic amines is 1. The van der Waals surface area contributed by atoms with Crippen molar-refractivity contribution < 1.29 is 9.53 Å². The van der Waals surface area contributed by atoms with Crippen LogP contribution in [0.2, 0.25) is 0 Å². The van der Waals surface area contributed by atoms with Crippen LogP contribution in [0.1, 0.15) is 26.7 Å². The Kier molecular flexibility index (Phi) is 11.3. The number of benzene rings is 1. The molecule has 3 N–H and O–H groups in total. The molecule has 3 rings (SSSR count). The number of ether oxygens (including phenoxy) is 1. The van der Waals surface area contributed by atoms with Gasteiger partial charge in [-0.3, -0.25) is 14.7 Å². The van der Waals surface area contributed by atoms with Gasteiger partial charge in [0.05, 0.1) is 35.4 Å². The van der Waals surface area contributed by atoms with Gasteiger partial charge in [-0.25, -0.2) is 4.99 Å². The molecule has 224 valence electrons. The summed E-state index contributed by atoms with van der Waals surface area (Å²) in [6, 6.07) is 7.30. The predicted molar refractivity (Wildman–Crippen MR) is 173 cm³/mol. The summed E-state index contributed by atoms with van der Waals surface area (Å²) in [7, 11) is 9.35. The van der Waals surface area contributed by atoms with Crippen LogP contribution in [0.15, 0.2) is 52.9 Å². The average Bonchev–Trinajstić information content (AvgIpc) is 3.50. The lowest BCUT2D eigenvalue weighted by Gasteiger charge is -2.26. The van der Waals surface area contributed by atoms with E-state index in [1.807, 2.05) is 52.3 Å². The Hall–Kier alpha value is -4.64. The topological polar surface area (TPSA) is 120 Å². The minimum Gasteiger partial charge on any atom is -0.494 e. The van der Waals surface area contributed by atoms with E-state index in [9.17, 15) is 9.59 Å². The van der Waals surface area contributed by atoms with E-state index < -0.39 is 0 Å². The number of aliphatic imine (C=N–C) groups is 1. The monoisotopic (exact) mass is 574 g/mol. The number of aromatic nitrogens is 3. The average molecular weight is 575 g/mol. The number of nitrogens with zero attached hydrogens (tertiary/aromatic N) is 5. The van der Waals surface area contributed by atoms with Gasteiger partial charge in [-0.05, 0) is 51.7 Å². The van der Waals surface area contributed by atoms with Crippen LogP contribution in [0.3, 0.4) is 0 Å². The molecular formula is C31H42N8O3. The highest BCUT2D eigenvalue weighted by atomic mass is 16.5. The third-order valence-corrected chi connectivity index (χ3v) is 6.68. The van der Waals surface area contributed by atoms with E-state index in [0.717, 1.165) is 42.2 Å². The fourth-order valence-electron chi connectivity index (χ4n) is 4.31. The number of hydrogen-bond donors (Lipinski definition) is 3. The molecule has 2 aromatic heterocycles. The molecule has 11 nitrogen and oxygen atoms in total. The first-order valence-corrected chi connectivity index (χ1v) is 13.8. The molecule has 11 heteroatoms. The van der Waals surface area contributed by atoms with Crippen molar-refractivity contribution in [3.05, 3.63) is 64.0 Å². The maximum atomic E-state index is 13.1. The Morgan fingerprint density at radius 2 is 1.95 bits per heavy atom. The van der Waals surface area contributed by atoms with Gasteiger partial charge < -0.3 is 29.7 Å². The molecule has 0 aliphatic carbocycles. The Morgan fingerprint density at radius 3 is 2.57 bits per heavy atom. The molecule has 1 aromatic carbocycles. The van der Waals surface area contributed by atoms with E-state index in [2.05, 4.69) is 49.1 Å². The van der Waals surface area contributed by atoms with Crippen molar-refractivity contribution in [2.45, 2.75) is 26.7 Å². The number of hydrogen-bond acceptors (Lipinski definition) is 7. The summed E-state index contributed by atoms with van der Waals surface area (Å²) in [5.74, 6) is 0.862. The zero-order valence-electron chi connectivity index (χ0n) is 25.6. The fourth-order valence-corrected chi connectivity index (χ4v) is 4.31. The van der Waals surface area contributed by atoms with Gasteiger partial charge >= 0.3 is 0 Å². The summed E-state index contributed by atoms with van der Waals surface area (Å²) >= 11 is 0. The molecule has 0 radical (unpaired) electrons. The Balaban J connectivity index is 2.07. The van der Waals surface area contributed by atoms with Crippen LogP contribution in [0, 0.1) is 0 Å². The number of likely N-dealkylation sites (N-methyl/N-ethyl adjacent to an activating group) is 2. The van der Waals surface area contributed by atoms with Crippen molar-refractivity contribution >= 4 is 41.1 Å². The number of carbonyl (C=O) groups is 1. The largest absolute Gasteiger partial charge is 0.494 e. The first-order valence-electron chi connectivity index (χ1n) is 13.8. The zero-order valence-corrected chi connectivity index (χ0v) is 25.6. The van der Waals surface area contributed by atoms with E-state index in [1.165, 1.54) is 6.08 Å². The summed E-state index contributed by atoms with van der Waals surface area (Å²) < 4.78 is 7.35. The Bertz CT molecular complexity index is 1600. The van der Waals surface area contributed by atoms with Crippen molar-refractivity contribution in [3.8, 4) is 17.0 Å². The maximum Gasteiger partial charge on any atom is 0.260 e. The van der Waals surface area contributed by atoms with Gasteiger partial charge in [0.25, 0.3) is 5.56 Å². The normalized spacial score (nSPS) is 12.5. The predicted octanol–water partition coefficient (Wildman–Crippen LogP) is 2.76. The van der Waals surface area contributed by atoms with Crippen molar-refractivity contribution in [1.82, 2.24) is 19.7 Å². The number of pyridine rings is 1. The van der Waals surface area contributed by atoms with Gasteiger partial charge in [0.2, 0.25) is 5.91 Å². The highest BCUT2D eigenvalue weighted by Gasteiger charge is 2.16. The number of amides is 1. The van der Waals surface area contributed by atoms with Crippen molar-refractivity contribution in [2.75, 3.05) is 56.9 Å². The number of carbonyl (C=O) groups excluding carboxylic acids is 1. The number of anilines is 3. The standard InChI is InChI=1S/C31H42N8O3/c1-9-11-12-27-22(17-23(31(41)39(27)7)24-13-14-33-36-24)20-32-21(3)34-26-18-25(35-30(40)10-2)28(19-29(26)42-8)38(6)16-15-37(4)5/h10,12-14,17-20H,2,9,11,15-16H2,1,3-8H3,(H,32,34)(H,33,36)(H,35,40)/b22-20-,27-12-. The second-order valence-corrected chi connectivity index (χ2v) is 10.2.